The van der Waals surface area contributed by atoms with Gasteiger partial charge in [-0.15, -0.1) is 0 Å². The molecule has 41 heavy (non-hydrogen) atoms. The van der Waals surface area contributed by atoms with Gasteiger partial charge in [0, 0.05) is 24.8 Å². The lowest BCUT2D eigenvalue weighted by Crippen LogP contribution is -2.16. The lowest BCUT2D eigenvalue weighted by molar-refractivity contribution is -0.138. The van der Waals surface area contributed by atoms with Crippen LogP contribution in [0.5, 0.6) is 17.2 Å². The van der Waals surface area contributed by atoms with Crippen LogP contribution in [0.25, 0.3) is 0 Å². The first kappa shape index (κ1) is 33.5. The van der Waals surface area contributed by atoms with Gasteiger partial charge in [-0.2, -0.15) is 0 Å². The highest BCUT2D eigenvalue weighted by atomic mass is 19.1. The first-order valence-corrected chi connectivity index (χ1v) is 14.5. The molecule has 0 atom stereocenters. The second-order valence-corrected chi connectivity index (χ2v) is 9.76. The van der Waals surface area contributed by atoms with Crippen LogP contribution in [0, 0.1) is 5.82 Å². The van der Waals surface area contributed by atoms with Crippen molar-refractivity contribution in [2.45, 2.75) is 104 Å². The minimum absolute atomic E-state index is 0.103. The molecule has 9 heteroatoms. The highest BCUT2D eigenvalue weighted by Crippen LogP contribution is 2.40. The number of unbranched alkanes of at least 4 members (excludes halogenated alkanes) is 6. The Bertz CT molecular complexity index is 1120. The molecule has 0 heterocycles. The van der Waals surface area contributed by atoms with E-state index in [1.165, 1.54) is 30.3 Å². The SMILES string of the molecule is CCCCCC(=O)Oc1cc(C(=O)OCc2ccccc2F)cc(OC(=O)CCCCC)c1OC(=O)CCCCC. The topological polar surface area (TPSA) is 105 Å². The van der Waals surface area contributed by atoms with Crippen molar-refractivity contribution in [2.24, 2.45) is 0 Å². The third-order valence-electron chi connectivity index (χ3n) is 6.19. The van der Waals surface area contributed by atoms with E-state index in [0.29, 0.717) is 19.3 Å². The van der Waals surface area contributed by atoms with E-state index >= 15 is 0 Å². The standard InChI is InChI=1S/C32H41FO8/c1-4-7-10-17-28(34)39-26-20-24(32(37)38-22-23-15-13-14-16-25(23)33)21-27(40-29(35)18-11-8-5-2)31(26)41-30(36)19-12-9-6-3/h13-16,20-21H,4-12,17-19,22H2,1-3H3. The number of hydrogen-bond donors (Lipinski definition) is 0. The zero-order valence-corrected chi connectivity index (χ0v) is 24.3. The van der Waals surface area contributed by atoms with Gasteiger partial charge in [0.1, 0.15) is 12.4 Å². The number of rotatable bonds is 18. The molecule has 224 valence electrons. The summed E-state index contributed by atoms with van der Waals surface area (Å²) in [5.41, 5.74) is 0.0449. The van der Waals surface area contributed by atoms with Gasteiger partial charge in [-0.05, 0) is 37.5 Å². The van der Waals surface area contributed by atoms with E-state index < -0.39 is 29.7 Å². The highest BCUT2D eigenvalue weighted by Gasteiger charge is 2.25. The van der Waals surface area contributed by atoms with Crippen molar-refractivity contribution in [1.82, 2.24) is 0 Å². The number of carbonyl (C=O) groups is 4. The maximum Gasteiger partial charge on any atom is 0.338 e. The van der Waals surface area contributed by atoms with Crippen molar-refractivity contribution in [1.29, 1.82) is 0 Å². The molecule has 0 saturated heterocycles. The molecule has 0 fully saturated rings. The van der Waals surface area contributed by atoms with E-state index in [1.807, 2.05) is 20.8 Å². The van der Waals surface area contributed by atoms with E-state index in [0.717, 1.165) is 38.5 Å². The molecule has 0 bridgehead atoms. The Morgan fingerprint density at radius 2 is 1.12 bits per heavy atom. The fourth-order valence-electron chi connectivity index (χ4n) is 3.86. The molecule has 0 unspecified atom stereocenters. The molecule has 2 aromatic carbocycles. The number of benzene rings is 2. The van der Waals surface area contributed by atoms with Crippen LogP contribution >= 0.6 is 0 Å². The first-order chi connectivity index (χ1) is 19.8. The predicted molar refractivity (Wildman–Crippen MR) is 151 cm³/mol. The predicted octanol–water partition coefficient (Wildman–Crippen LogP) is 7.64. The van der Waals surface area contributed by atoms with E-state index in [1.54, 1.807) is 6.07 Å². The summed E-state index contributed by atoms with van der Waals surface area (Å²) in [7, 11) is 0. The maximum absolute atomic E-state index is 14.0. The quantitative estimate of drug-likeness (QED) is 0.102. The summed E-state index contributed by atoms with van der Waals surface area (Å²) in [6, 6.07) is 8.26. The number of hydrogen-bond acceptors (Lipinski definition) is 8. The van der Waals surface area contributed by atoms with Crippen LogP contribution in [0.3, 0.4) is 0 Å². The Balaban J connectivity index is 2.43. The van der Waals surface area contributed by atoms with E-state index in [2.05, 4.69) is 0 Å². The van der Waals surface area contributed by atoms with E-state index in [9.17, 15) is 23.6 Å². The Labute approximate surface area is 241 Å². The molecule has 0 aliphatic carbocycles. The lowest BCUT2D eigenvalue weighted by atomic mass is 10.1. The molecule has 0 amide bonds. The number of carbonyl (C=O) groups excluding carboxylic acids is 4. The average Bonchev–Trinajstić information content (AvgIpc) is 2.94. The van der Waals surface area contributed by atoms with Crippen molar-refractivity contribution in [3.05, 3.63) is 53.3 Å². The molecule has 2 rings (SSSR count). The third-order valence-corrected chi connectivity index (χ3v) is 6.19. The third kappa shape index (κ3) is 12.1. The lowest BCUT2D eigenvalue weighted by Gasteiger charge is -2.16. The summed E-state index contributed by atoms with van der Waals surface area (Å²) in [4.78, 5) is 51.0. The second-order valence-electron chi connectivity index (χ2n) is 9.76. The second kappa shape index (κ2) is 18.6. The van der Waals surface area contributed by atoms with E-state index in [-0.39, 0.29) is 54.2 Å². The van der Waals surface area contributed by atoms with Gasteiger partial charge in [-0.25, -0.2) is 9.18 Å². The highest BCUT2D eigenvalue weighted by molar-refractivity contribution is 5.92. The molecular weight excluding hydrogens is 531 g/mol. The Kier molecular flexibility index (Phi) is 15.2. The average molecular weight is 573 g/mol. The molecule has 0 saturated carbocycles. The fourth-order valence-corrected chi connectivity index (χ4v) is 3.86. The van der Waals surface area contributed by atoms with Crippen LogP contribution in [-0.4, -0.2) is 23.9 Å². The zero-order valence-electron chi connectivity index (χ0n) is 24.3. The fraction of sp³-hybridized carbons (Fsp3) is 0.500. The van der Waals surface area contributed by atoms with Crippen molar-refractivity contribution in [3.63, 3.8) is 0 Å². The minimum Gasteiger partial charge on any atom is -0.457 e. The number of halogens is 1. The normalized spacial score (nSPS) is 10.6. The number of ether oxygens (including phenoxy) is 4. The van der Waals surface area contributed by atoms with Crippen molar-refractivity contribution >= 4 is 23.9 Å². The summed E-state index contributed by atoms with van der Waals surface area (Å²) >= 11 is 0. The van der Waals surface area contributed by atoms with Gasteiger partial charge in [-0.1, -0.05) is 77.5 Å². The summed E-state index contributed by atoms with van der Waals surface area (Å²) < 4.78 is 36.0. The molecule has 0 aromatic heterocycles. The van der Waals surface area contributed by atoms with Crippen molar-refractivity contribution < 1.29 is 42.5 Å². The largest absolute Gasteiger partial charge is 0.457 e. The molecular formula is C32H41FO8. The Morgan fingerprint density at radius 3 is 1.59 bits per heavy atom. The van der Waals surface area contributed by atoms with Gasteiger partial charge in [0.15, 0.2) is 11.5 Å². The van der Waals surface area contributed by atoms with E-state index in [4.69, 9.17) is 18.9 Å². The smallest absolute Gasteiger partial charge is 0.338 e. The van der Waals surface area contributed by atoms with Gasteiger partial charge in [0.05, 0.1) is 5.56 Å². The molecule has 0 spiro atoms. The van der Waals surface area contributed by atoms with Crippen LogP contribution in [-0.2, 0) is 25.7 Å². The van der Waals surface area contributed by atoms with Gasteiger partial charge >= 0.3 is 23.9 Å². The van der Waals surface area contributed by atoms with Crippen LogP contribution < -0.4 is 14.2 Å². The molecule has 2 aromatic rings. The molecule has 8 nitrogen and oxygen atoms in total. The minimum atomic E-state index is -0.874. The maximum atomic E-state index is 14.0. The molecule has 0 radical (unpaired) electrons. The summed E-state index contributed by atoms with van der Waals surface area (Å²) in [6.45, 7) is 5.65. The monoisotopic (exact) mass is 572 g/mol. The van der Waals surface area contributed by atoms with Gasteiger partial charge < -0.3 is 18.9 Å². The summed E-state index contributed by atoms with van der Waals surface area (Å²) in [5, 5.41) is 0. The van der Waals surface area contributed by atoms with Gasteiger partial charge in [0.25, 0.3) is 0 Å². The first-order valence-electron chi connectivity index (χ1n) is 14.5. The Morgan fingerprint density at radius 1 is 0.659 bits per heavy atom. The van der Waals surface area contributed by atoms with Crippen LogP contribution in [0.1, 0.15) is 114 Å². The molecule has 0 aliphatic heterocycles. The number of esters is 4. The van der Waals surface area contributed by atoms with Crippen LogP contribution in [0.2, 0.25) is 0 Å². The summed E-state index contributed by atoms with van der Waals surface area (Å²) in [6.07, 6.45) is 7.23. The van der Waals surface area contributed by atoms with Gasteiger partial charge in [0.2, 0.25) is 5.75 Å². The van der Waals surface area contributed by atoms with Crippen molar-refractivity contribution in [2.75, 3.05) is 0 Å². The Hall–Kier alpha value is -3.75. The van der Waals surface area contributed by atoms with Crippen LogP contribution in [0.15, 0.2) is 36.4 Å². The summed E-state index contributed by atoms with van der Waals surface area (Å²) in [5.74, 6) is -3.95. The molecule has 0 N–H and O–H groups in total. The van der Waals surface area contributed by atoms with Crippen LogP contribution in [0.4, 0.5) is 4.39 Å². The zero-order chi connectivity index (χ0) is 30.0. The molecule has 0 aliphatic rings. The van der Waals surface area contributed by atoms with Crippen molar-refractivity contribution in [3.8, 4) is 17.2 Å². The van der Waals surface area contributed by atoms with Gasteiger partial charge in [-0.3, -0.25) is 14.4 Å².